The molecule has 0 radical (unpaired) electrons. The normalized spacial score (nSPS) is 11.9. The number of benzene rings is 1. The van der Waals surface area contributed by atoms with Gasteiger partial charge in [0.2, 0.25) is 5.91 Å². The summed E-state index contributed by atoms with van der Waals surface area (Å²) >= 11 is 6.18. The molecule has 0 fully saturated rings. The number of anilines is 1. The van der Waals surface area contributed by atoms with Crippen LogP contribution in [0.5, 0.6) is 0 Å². The summed E-state index contributed by atoms with van der Waals surface area (Å²) in [6.45, 7) is 0. The minimum absolute atomic E-state index is 0.193. The standard InChI is InChI=1S/C14H13ClN2O/c1-17(12-9-5-6-10-16-12)14(18)13(15)11-7-3-2-4-8-11/h2-10,13H,1H3. The lowest BCUT2D eigenvalue weighted by Crippen LogP contribution is -2.30. The van der Waals surface area contributed by atoms with Crippen LogP contribution in [0.2, 0.25) is 0 Å². The number of carbonyl (C=O) groups excluding carboxylic acids is 1. The molecule has 1 atom stereocenters. The van der Waals surface area contributed by atoms with Gasteiger partial charge in [-0.05, 0) is 17.7 Å². The smallest absolute Gasteiger partial charge is 0.250 e. The zero-order chi connectivity index (χ0) is 13.0. The first-order valence-corrected chi connectivity index (χ1v) is 6.01. The van der Waals surface area contributed by atoms with E-state index in [4.69, 9.17) is 11.6 Å². The zero-order valence-corrected chi connectivity index (χ0v) is 10.7. The number of carbonyl (C=O) groups is 1. The predicted octanol–water partition coefficient (Wildman–Crippen LogP) is 3.02. The Morgan fingerprint density at radius 3 is 2.44 bits per heavy atom. The Kier molecular flexibility index (Phi) is 3.95. The van der Waals surface area contributed by atoms with E-state index in [1.165, 1.54) is 4.90 Å². The molecule has 0 aliphatic heterocycles. The van der Waals surface area contributed by atoms with Crippen molar-refractivity contribution in [2.24, 2.45) is 0 Å². The molecule has 1 heterocycles. The Hall–Kier alpha value is -1.87. The van der Waals surface area contributed by atoms with Gasteiger partial charge in [0, 0.05) is 13.2 Å². The Bertz CT molecular complexity index is 468. The quantitative estimate of drug-likeness (QED) is 0.795. The van der Waals surface area contributed by atoms with Gasteiger partial charge in [0.05, 0.1) is 0 Å². The second-order valence-corrected chi connectivity index (χ2v) is 4.29. The van der Waals surface area contributed by atoms with Crippen molar-refractivity contribution in [2.75, 3.05) is 11.9 Å². The van der Waals surface area contributed by atoms with Gasteiger partial charge >= 0.3 is 0 Å². The monoisotopic (exact) mass is 260 g/mol. The third-order valence-electron chi connectivity index (χ3n) is 2.63. The summed E-state index contributed by atoms with van der Waals surface area (Å²) in [5.41, 5.74) is 0.784. The predicted molar refractivity (Wildman–Crippen MR) is 72.7 cm³/mol. The van der Waals surface area contributed by atoms with Crippen molar-refractivity contribution in [1.82, 2.24) is 4.98 Å². The van der Waals surface area contributed by atoms with Crippen molar-refractivity contribution >= 4 is 23.3 Å². The van der Waals surface area contributed by atoms with Crippen molar-refractivity contribution < 1.29 is 4.79 Å². The summed E-state index contributed by atoms with van der Waals surface area (Å²) in [7, 11) is 1.67. The molecule has 92 valence electrons. The van der Waals surface area contributed by atoms with Gasteiger partial charge in [-0.15, -0.1) is 11.6 Å². The van der Waals surface area contributed by atoms with Crippen LogP contribution in [-0.4, -0.2) is 17.9 Å². The molecule has 3 nitrogen and oxygen atoms in total. The van der Waals surface area contributed by atoms with Gasteiger partial charge in [-0.25, -0.2) is 4.98 Å². The number of pyridine rings is 1. The largest absolute Gasteiger partial charge is 0.298 e. The number of rotatable bonds is 3. The molecular formula is C14H13ClN2O. The van der Waals surface area contributed by atoms with E-state index in [0.29, 0.717) is 5.82 Å². The van der Waals surface area contributed by atoms with Crippen molar-refractivity contribution in [1.29, 1.82) is 0 Å². The van der Waals surface area contributed by atoms with E-state index in [2.05, 4.69) is 4.98 Å². The maximum atomic E-state index is 12.2. The fourth-order valence-corrected chi connectivity index (χ4v) is 1.89. The number of nitrogens with zero attached hydrogens (tertiary/aromatic N) is 2. The number of hydrogen-bond donors (Lipinski definition) is 0. The van der Waals surface area contributed by atoms with Crippen LogP contribution in [0.3, 0.4) is 0 Å². The number of hydrogen-bond acceptors (Lipinski definition) is 2. The fourth-order valence-electron chi connectivity index (χ4n) is 1.60. The van der Waals surface area contributed by atoms with E-state index in [9.17, 15) is 4.79 Å². The lowest BCUT2D eigenvalue weighted by Gasteiger charge is -2.19. The molecule has 0 saturated carbocycles. The van der Waals surface area contributed by atoms with Crippen molar-refractivity contribution in [3.05, 3.63) is 60.3 Å². The van der Waals surface area contributed by atoms with E-state index < -0.39 is 5.38 Å². The molecule has 2 rings (SSSR count). The topological polar surface area (TPSA) is 33.2 Å². The maximum Gasteiger partial charge on any atom is 0.250 e. The van der Waals surface area contributed by atoms with Gasteiger partial charge in [-0.2, -0.15) is 0 Å². The molecule has 2 aromatic rings. The highest BCUT2D eigenvalue weighted by atomic mass is 35.5. The molecule has 1 aromatic heterocycles. The lowest BCUT2D eigenvalue weighted by molar-refractivity contribution is -0.118. The zero-order valence-electron chi connectivity index (χ0n) is 9.95. The van der Waals surface area contributed by atoms with Gasteiger partial charge < -0.3 is 0 Å². The van der Waals surface area contributed by atoms with Crippen LogP contribution in [-0.2, 0) is 4.79 Å². The van der Waals surface area contributed by atoms with E-state index in [1.54, 1.807) is 25.4 Å². The Morgan fingerprint density at radius 2 is 1.83 bits per heavy atom. The summed E-state index contributed by atoms with van der Waals surface area (Å²) in [6, 6.07) is 14.7. The highest BCUT2D eigenvalue weighted by Gasteiger charge is 2.22. The second kappa shape index (κ2) is 5.65. The van der Waals surface area contributed by atoms with Gasteiger partial charge in [-0.1, -0.05) is 36.4 Å². The molecule has 0 aliphatic carbocycles. The molecule has 0 aliphatic rings. The summed E-state index contributed by atoms with van der Waals surface area (Å²) in [5, 5.41) is -0.696. The summed E-state index contributed by atoms with van der Waals surface area (Å²) < 4.78 is 0. The number of aromatic nitrogens is 1. The van der Waals surface area contributed by atoms with Crippen LogP contribution in [0.4, 0.5) is 5.82 Å². The lowest BCUT2D eigenvalue weighted by atomic mass is 10.1. The van der Waals surface area contributed by atoms with Crippen molar-refractivity contribution in [3.8, 4) is 0 Å². The minimum atomic E-state index is -0.696. The molecule has 0 N–H and O–H groups in total. The number of likely N-dealkylation sites (N-methyl/N-ethyl adjacent to an activating group) is 1. The molecule has 18 heavy (non-hydrogen) atoms. The second-order valence-electron chi connectivity index (χ2n) is 3.86. The Labute approximate surface area is 111 Å². The Morgan fingerprint density at radius 1 is 1.17 bits per heavy atom. The first kappa shape index (κ1) is 12.6. The molecule has 4 heteroatoms. The van der Waals surface area contributed by atoms with Gasteiger partial charge in [0.25, 0.3) is 0 Å². The number of alkyl halides is 1. The van der Waals surface area contributed by atoms with Crippen molar-refractivity contribution in [2.45, 2.75) is 5.38 Å². The van der Waals surface area contributed by atoms with E-state index in [1.807, 2.05) is 36.4 Å². The summed E-state index contributed by atoms with van der Waals surface area (Å²) in [5.74, 6) is 0.394. The van der Waals surface area contributed by atoms with Crippen LogP contribution in [0, 0.1) is 0 Å². The highest BCUT2D eigenvalue weighted by Crippen LogP contribution is 2.24. The van der Waals surface area contributed by atoms with Gasteiger partial charge in [0.1, 0.15) is 11.2 Å². The van der Waals surface area contributed by atoms with Crippen LogP contribution in [0.25, 0.3) is 0 Å². The molecule has 1 amide bonds. The number of halogens is 1. The first-order chi connectivity index (χ1) is 8.70. The molecule has 0 bridgehead atoms. The number of amides is 1. The maximum absolute atomic E-state index is 12.2. The molecule has 0 saturated heterocycles. The van der Waals surface area contributed by atoms with Crippen LogP contribution in [0.1, 0.15) is 10.9 Å². The molecule has 0 spiro atoms. The molecule has 1 unspecified atom stereocenters. The van der Waals surface area contributed by atoms with Gasteiger partial charge in [0.15, 0.2) is 0 Å². The van der Waals surface area contributed by atoms with E-state index in [0.717, 1.165) is 5.56 Å². The van der Waals surface area contributed by atoms with Crippen LogP contribution >= 0.6 is 11.6 Å². The van der Waals surface area contributed by atoms with Gasteiger partial charge in [-0.3, -0.25) is 9.69 Å². The highest BCUT2D eigenvalue weighted by molar-refractivity contribution is 6.32. The summed E-state index contributed by atoms with van der Waals surface area (Å²) in [4.78, 5) is 17.8. The summed E-state index contributed by atoms with van der Waals surface area (Å²) in [6.07, 6.45) is 1.64. The average molecular weight is 261 g/mol. The van der Waals surface area contributed by atoms with Crippen LogP contribution in [0.15, 0.2) is 54.7 Å². The Balaban J connectivity index is 2.17. The van der Waals surface area contributed by atoms with E-state index in [-0.39, 0.29) is 5.91 Å². The third kappa shape index (κ3) is 2.68. The van der Waals surface area contributed by atoms with E-state index >= 15 is 0 Å². The SMILES string of the molecule is CN(C(=O)C(Cl)c1ccccc1)c1ccccn1. The van der Waals surface area contributed by atoms with Crippen LogP contribution < -0.4 is 4.90 Å². The fraction of sp³-hybridized carbons (Fsp3) is 0.143. The molecule has 1 aromatic carbocycles. The third-order valence-corrected chi connectivity index (χ3v) is 3.07. The average Bonchev–Trinajstić information content (AvgIpc) is 2.47. The van der Waals surface area contributed by atoms with Crippen molar-refractivity contribution in [3.63, 3.8) is 0 Å². The minimum Gasteiger partial charge on any atom is -0.298 e. The molecular weight excluding hydrogens is 248 g/mol. The first-order valence-electron chi connectivity index (χ1n) is 5.58.